The molecule has 1 aromatic carbocycles. The van der Waals surface area contributed by atoms with Crippen molar-refractivity contribution in [2.24, 2.45) is 5.92 Å². The molecule has 0 spiro atoms. The van der Waals surface area contributed by atoms with Gasteiger partial charge in [0.15, 0.2) is 0 Å². The van der Waals surface area contributed by atoms with Crippen LogP contribution in [0.1, 0.15) is 38.2 Å². The van der Waals surface area contributed by atoms with E-state index in [2.05, 4.69) is 41.4 Å². The van der Waals surface area contributed by atoms with E-state index in [4.69, 9.17) is 0 Å². The van der Waals surface area contributed by atoms with Crippen LogP contribution in [-0.4, -0.2) is 48.2 Å². The van der Waals surface area contributed by atoms with Crippen LogP contribution in [0.25, 0.3) is 0 Å². The second kappa shape index (κ2) is 7.02. The second-order valence-corrected chi connectivity index (χ2v) is 7.26. The lowest BCUT2D eigenvalue weighted by Gasteiger charge is -2.38. The Morgan fingerprint density at radius 3 is 2.74 bits per heavy atom. The van der Waals surface area contributed by atoms with E-state index in [0.29, 0.717) is 12.5 Å². The maximum atomic E-state index is 12.4. The lowest BCUT2D eigenvalue weighted by Crippen LogP contribution is -2.51. The van der Waals surface area contributed by atoms with Crippen molar-refractivity contribution < 1.29 is 9.90 Å². The molecule has 0 radical (unpaired) electrons. The van der Waals surface area contributed by atoms with Gasteiger partial charge in [-0.15, -0.1) is 0 Å². The van der Waals surface area contributed by atoms with Crippen LogP contribution in [0, 0.1) is 5.92 Å². The lowest BCUT2D eigenvalue weighted by molar-refractivity contribution is -0.124. The fourth-order valence-corrected chi connectivity index (χ4v) is 3.84. The summed E-state index contributed by atoms with van der Waals surface area (Å²) in [5.41, 5.74) is 1.49. The number of aliphatic hydroxyl groups is 1. The van der Waals surface area contributed by atoms with E-state index in [1.54, 1.807) is 0 Å². The molecule has 1 aromatic rings. The van der Waals surface area contributed by atoms with Gasteiger partial charge in [-0.2, -0.15) is 0 Å². The summed E-state index contributed by atoms with van der Waals surface area (Å²) in [4.78, 5) is 14.5. The Kier molecular flexibility index (Phi) is 5.02. The first-order chi connectivity index (χ1) is 11.1. The van der Waals surface area contributed by atoms with Crippen LogP contribution < -0.4 is 5.32 Å². The molecule has 1 heterocycles. The number of likely N-dealkylation sites (tertiary alicyclic amines) is 1. The average Bonchev–Trinajstić information content (AvgIpc) is 3.35. The zero-order valence-corrected chi connectivity index (χ0v) is 14.0. The zero-order chi connectivity index (χ0) is 16.3. The number of carbonyl (C=O) groups is 1. The number of hydrogen-bond acceptors (Lipinski definition) is 3. The third kappa shape index (κ3) is 3.75. The van der Waals surface area contributed by atoms with Gasteiger partial charge in [0.05, 0.1) is 13.2 Å². The molecular formula is C19H28N2O2. The predicted molar refractivity (Wildman–Crippen MR) is 91.2 cm³/mol. The smallest absolute Gasteiger partial charge is 0.234 e. The van der Waals surface area contributed by atoms with Gasteiger partial charge in [0.2, 0.25) is 5.91 Å². The van der Waals surface area contributed by atoms with Crippen molar-refractivity contribution in [2.45, 2.75) is 44.1 Å². The monoisotopic (exact) mass is 316 g/mol. The van der Waals surface area contributed by atoms with E-state index in [-0.39, 0.29) is 24.0 Å². The number of carbonyl (C=O) groups excluding carboxylic acids is 1. The fraction of sp³-hybridized carbons (Fsp3) is 0.632. The largest absolute Gasteiger partial charge is 0.395 e. The average molecular weight is 316 g/mol. The quantitative estimate of drug-likeness (QED) is 0.843. The van der Waals surface area contributed by atoms with Crippen LogP contribution in [0.5, 0.6) is 0 Å². The molecule has 2 fully saturated rings. The minimum Gasteiger partial charge on any atom is -0.395 e. The number of nitrogens with zero attached hydrogens (tertiary/aromatic N) is 1. The van der Waals surface area contributed by atoms with Crippen molar-refractivity contribution in [3.8, 4) is 0 Å². The third-order valence-corrected chi connectivity index (χ3v) is 5.63. The number of piperidine rings is 1. The molecule has 126 valence electrons. The Hall–Kier alpha value is -1.39. The van der Waals surface area contributed by atoms with E-state index in [9.17, 15) is 9.90 Å². The molecule has 4 nitrogen and oxygen atoms in total. The highest BCUT2D eigenvalue weighted by atomic mass is 16.3. The van der Waals surface area contributed by atoms with Gasteiger partial charge < -0.3 is 10.4 Å². The van der Waals surface area contributed by atoms with Crippen molar-refractivity contribution in [3.63, 3.8) is 0 Å². The van der Waals surface area contributed by atoms with Crippen LogP contribution in [0.3, 0.4) is 0 Å². The van der Waals surface area contributed by atoms with E-state index in [1.807, 2.05) is 6.07 Å². The Balaban J connectivity index is 1.52. The molecule has 0 bridgehead atoms. The molecular weight excluding hydrogens is 288 g/mol. The Bertz CT molecular complexity index is 527. The van der Waals surface area contributed by atoms with Gasteiger partial charge in [-0.1, -0.05) is 37.3 Å². The molecule has 1 saturated heterocycles. The summed E-state index contributed by atoms with van der Waals surface area (Å²) in [6.07, 6.45) is 4.55. The van der Waals surface area contributed by atoms with Gasteiger partial charge in [-0.05, 0) is 43.7 Å². The van der Waals surface area contributed by atoms with Crippen LogP contribution in [0.4, 0.5) is 0 Å². The van der Waals surface area contributed by atoms with Crippen LogP contribution in [0.15, 0.2) is 30.3 Å². The van der Waals surface area contributed by atoms with E-state index < -0.39 is 0 Å². The number of amides is 1. The number of hydrogen-bond donors (Lipinski definition) is 2. The summed E-state index contributed by atoms with van der Waals surface area (Å²) in [7, 11) is 0. The molecule has 1 aliphatic carbocycles. The summed E-state index contributed by atoms with van der Waals surface area (Å²) in [6, 6.07) is 10.6. The van der Waals surface area contributed by atoms with Crippen molar-refractivity contribution in [1.29, 1.82) is 0 Å². The topological polar surface area (TPSA) is 52.6 Å². The van der Waals surface area contributed by atoms with E-state index in [1.165, 1.54) is 5.56 Å². The summed E-state index contributed by atoms with van der Waals surface area (Å²) in [5, 5.41) is 12.7. The fourth-order valence-electron chi connectivity index (χ4n) is 3.84. The second-order valence-electron chi connectivity index (χ2n) is 7.26. The van der Waals surface area contributed by atoms with Crippen LogP contribution >= 0.6 is 0 Å². The highest BCUT2D eigenvalue weighted by molar-refractivity contribution is 5.78. The minimum atomic E-state index is 0.0831. The Morgan fingerprint density at radius 1 is 1.35 bits per heavy atom. The molecule has 2 atom stereocenters. The molecule has 23 heavy (non-hydrogen) atoms. The molecule has 0 aromatic heterocycles. The summed E-state index contributed by atoms with van der Waals surface area (Å²) in [6.45, 7) is 4.35. The normalized spacial score (nSPS) is 26.7. The first-order valence-electron chi connectivity index (χ1n) is 8.82. The number of rotatable bonds is 6. The first-order valence-corrected chi connectivity index (χ1v) is 8.82. The number of aliphatic hydroxyl groups excluding tert-OH is 1. The lowest BCUT2D eigenvalue weighted by atomic mass is 9.91. The summed E-state index contributed by atoms with van der Waals surface area (Å²) in [5.74, 6) is 0.542. The van der Waals surface area contributed by atoms with Crippen molar-refractivity contribution >= 4 is 5.91 Å². The summed E-state index contributed by atoms with van der Waals surface area (Å²) >= 11 is 0. The maximum absolute atomic E-state index is 12.4. The maximum Gasteiger partial charge on any atom is 0.234 e. The first kappa shape index (κ1) is 16.5. The number of benzene rings is 1. The van der Waals surface area contributed by atoms with Gasteiger partial charge in [-0.3, -0.25) is 9.69 Å². The Morgan fingerprint density at radius 2 is 2.09 bits per heavy atom. The standard InChI is InChI=1S/C19H28N2O2/c1-15-6-5-11-21(17(15)13-22)12-18(23)20-14-19(9-10-19)16-7-3-2-4-8-16/h2-4,7-8,15,17,22H,5-6,9-14H2,1H3,(H,20,23). The molecule has 4 heteroatoms. The minimum absolute atomic E-state index is 0.0831. The molecule has 1 amide bonds. The number of nitrogens with one attached hydrogen (secondary N) is 1. The molecule has 2 unspecified atom stereocenters. The van der Waals surface area contributed by atoms with Crippen molar-refractivity contribution in [2.75, 3.05) is 26.2 Å². The molecule has 2 aliphatic rings. The highest BCUT2D eigenvalue weighted by Gasteiger charge is 2.44. The third-order valence-electron chi connectivity index (χ3n) is 5.63. The van der Waals surface area contributed by atoms with Gasteiger partial charge in [0, 0.05) is 18.0 Å². The van der Waals surface area contributed by atoms with Crippen molar-refractivity contribution in [3.05, 3.63) is 35.9 Å². The van der Waals surface area contributed by atoms with Crippen LogP contribution in [-0.2, 0) is 10.2 Å². The molecule has 3 rings (SSSR count). The zero-order valence-electron chi connectivity index (χ0n) is 14.0. The SMILES string of the molecule is CC1CCCN(CC(=O)NCC2(c3ccccc3)CC2)C1CO. The van der Waals surface area contributed by atoms with E-state index in [0.717, 1.165) is 38.8 Å². The van der Waals surface area contributed by atoms with E-state index >= 15 is 0 Å². The molecule has 1 saturated carbocycles. The summed E-state index contributed by atoms with van der Waals surface area (Å²) < 4.78 is 0. The van der Waals surface area contributed by atoms with Gasteiger partial charge in [-0.25, -0.2) is 0 Å². The van der Waals surface area contributed by atoms with Crippen LogP contribution in [0.2, 0.25) is 0 Å². The van der Waals surface area contributed by atoms with Gasteiger partial charge in [0.1, 0.15) is 0 Å². The molecule has 1 aliphatic heterocycles. The molecule has 2 N–H and O–H groups in total. The highest BCUT2D eigenvalue weighted by Crippen LogP contribution is 2.47. The Labute approximate surface area is 138 Å². The van der Waals surface area contributed by atoms with Crippen molar-refractivity contribution in [1.82, 2.24) is 10.2 Å². The predicted octanol–water partition coefficient (Wildman–Crippen LogP) is 1.93. The van der Waals surface area contributed by atoms with Gasteiger partial charge in [0.25, 0.3) is 0 Å². The van der Waals surface area contributed by atoms with Gasteiger partial charge >= 0.3 is 0 Å².